The van der Waals surface area contributed by atoms with E-state index in [9.17, 15) is 5.11 Å². The summed E-state index contributed by atoms with van der Waals surface area (Å²) in [5.74, 6) is 0.910. The van der Waals surface area contributed by atoms with Crippen molar-refractivity contribution in [2.75, 3.05) is 0 Å². The predicted octanol–water partition coefficient (Wildman–Crippen LogP) is 1.58. The van der Waals surface area contributed by atoms with Crippen molar-refractivity contribution in [1.82, 2.24) is 0 Å². The Morgan fingerprint density at radius 2 is 2.33 bits per heavy atom. The van der Waals surface area contributed by atoms with Crippen LogP contribution in [-0.2, 0) is 4.74 Å². The molecule has 3 unspecified atom stereocenters. The van der Waals surface area contributed by atoms with Crippen LogP contribution in [0.4, 0.5) is 0 Å². The van der Waals surface area contributed by atoms with Gasteiger partial charge in [-0.05, 0) is 31.4 Å². The number of aliphatic hydroxyl groups is 1. The molecule has 0 amide bonds. The topological polar surface area (TPSA) is 41.8 Å². The maximum absolute atomic E-state index is 9.58. The fourth-order valence-electron chi connectivity index (χ4n) is 2.46. The molecule has 0 aromatic heterocycles. The van der Waals surface area contributed by atoms with E-state index in [1.165, 1.54) is 0 Å². The lowest BCUT2D eigenvalue weighted by atomic mass is 9.89. The molecule has 1 heterocycles. The van der Waals surface area contributed by atoms with E-state index < -0.39 is 0 Å². The monoisotopic (exact) mass is 205 g/mol. The average molecular weight is 205 g/mol. The highest BCUT2D eigenvalue weighted by Crippen LogP contribution is 2.31. The summed E-state index contributed by atoms with van der Waals surface area (Å²) in [6.45, 7) is 0. The Bertz CT molecular complexity index is 357. The van der Waals surface area contributed by atoms with E-state index in [1.54, 1.807) is 0 Å². The zero-order valence-corrected chi connectivity index (χ0v) is 8.60. The Morgan fingerprint density at radius 1 is 1.40 bits per heavy atom. The van der Waals surface area contributed by atoms with Gasteiger partial charge in [0, 0.05) is 6.42 Å². The Labute approximate surface area is 89.2 Å². The number of aliphatic hydroxyl groups excluding tert-OH is 1. The summed E-state index contributed by atoms with van der Waals surface area (Å²) >= 11 is 0. The summed E-state index contributed by atoms with van der Waals surface area (Å²) < 4.78 is 5.88. The van der Waals surface area contributed by atoms with Gasteiger partial charge in [0.15, 0.2) is 0 Å². The maximum atomic E-state index is 9.58. The largest absolute Gasteiger partial charge is 0.486 e. The van der Waals surface area contributed by atoms with Crippen LogP contribution in [0, 0.1) is 0 Å². The average Bonchev–Trinajstić information content (AvgIpc) is 2.26. The van der Waals surface area contributed by atoms with E-state index in [-0.39, 0.29) is 18.2 Å². The second-order valence-electron chi connectivity index (χ2n) is 4.41. The highest BCUT2D eigenvalue weighted by molar-refractivity contribution is 6.08. The number of aliphatic imine (C=N–C) groups is 1. The number of fused-ring (bicyclic) bond motifs is 2. The molecule has 0 bridgehead atoms. The molecule has 80 valence electrons. The minimum atomic E-state index is -0.206. The van der Waals surface area contributed by atoms with Crippen LogP contribution in [0.2, 0.25) is 0 Å². The van der Waals surface area contributed by atoms with E-state index in [0.29, 0.717) is 0 Å². The first kappa shape index (κ1) is 9.16. The van der Waals surface area contributed by atoms with Crippen LogP contribution in [0.3, 0.4) is 0 Å². The molecule has 0 radical (unpaired) electrons. The molecule has 1 N–H and O–H groups in total. The fourth-order valence-corrected chi connectivity index (χ4v) is 2.46. The lowest BCUT2D eigenvalue weighted by Crippen LogP contribution is -2.41. The first-order valence-electron chi connectivity index (χ1n) is 5.62. The lowest BCUT2D eigenvalue weighted by molar-refractivity contribution is 0.00657. The first-order chi connectivity index (χ1) is 7.33. The minimum Gasteiger partial charge on any atom is -0.486 e. The summed E-state index contributed by atoms with van der Waals surface area (Å²) in [6.07, 6.45) is 9.53. The van der Waals surface area contributed by atoms with Crippen molar-refractivity contribution in [2.24, 2.45) is 4.99 Å². The second-order valence-corrected chi connectivity index (χ2v) is 4.41. The van der Waals surface area contributed by atoms with Crippen LogP contribution >= 0.6 is 0 Å². The Kier molecular flexibility index (Phi) is 2.13. The maximum Gasteiger partial charge on any atom is 0.141 e. The summed E-state index contributed by atoms with van der Waals surface area (Å²) in [4.78, 5) is 4.69. The highest BCUT2D eigenvalue weighted by atomic mass is 16.5. The molecule has 3 aliphatic rings. The molecular weight excluding hydrogens is 190 g/mol. The van der Waals surface area contributed by atoms with E-state index in [0.717, 1.165) is 37.2 Å². The minimum absolute atomic E-state index is 0.0928. The number of hydrogen-bond acceptors (Lipinski definition) is 3. The third-order valence-electron chi connectivity index (χ3n) is 3.28. The first-order valence-corrected chi connectivity index (χ1v) is 5.62. The molecular formula is C12H15NO2. The van der Waals surface area contributed by atoms with Gasteiger partial charge in [0.05, 0.1) is 17.9 Å². The van der Waals surface area contributed by atoms with Crippen molar-refractivity contribution in [3.05, 3.63) is 24.0 Å². The van der Waals surface area contributed by atoms with Gasteiger partial charge in [-0.25, -0.2) is 0 Å². The molecule has 0 aromatic rings. The Balaban J connectivity index is 1.87. The molecule has 15 heavy (non-hydrogen) atoms. The molecule has 2 aliphatic carbocycles. The van der Waals surface area contributed by atoms with Gasteiger partial charge in [0.25, 0.3) is 0 Å². The molecule has 3 heteroatoms. The fraction of sp³-hybridized carbons (Fsp3) is 0.583. The third-order valence-corrected chi connectivity index (χ3v) is 3.28. The van der Waals surface area contributed by atoms with E-state index in [2.05, 4.69) is 17.1 Å². The van der Waals surface area contributed by atoms with E-state index in [1.807, 2.05) is 6.08 Å². The standard InChI is InChI=1S/C12H15NO2/c14-8-5-6-10-12(7-8)15-11-4-2-1-3-9(11)13-10/h1,3-4,8,10,12,14H,2,5-7H2. The van der Waals surface area contributed by atoms with Crippen LogP contribution in [0.25, 0.3) is 0 Å². The van der Waals surface area contributed by atoms with Gasteiger partial charge >= 0.3 is 0 Å². The summed E-state index contributed by atoms with van der Waals surface area (Å²) in [7, 11) is 0. The molecule has 3 rings (SSSR count). The number of hydrogen-bond donors (Lipinski definition) is 1. The molecule has 1 fully saturated rings. The van der Waals surface area contributed by atoms with Gasteiger partial charge in [0.1, 0.15) is 11.9 Å². The second kappa shape index (κ2) is 3.49. The number of nitrogens with zero attached hydrogens (tertiary/aromatic N) is 1. The summed E-state index contributed by atoms with van der Waals surface area (Å²) in [6, 6.07) is 0.253. The van der Waals surface area contributed by atoms with Gasteiger partial charge in [-0.2, -0.15) is 0 Å². The summed E-state index contributed by atoms with van der Waals surface area (Å²) in [5, 5.41) is 9.58. The molecule has 3 atom stereocenters. The van der Waals surface area contributed by atoms with Crippen molar-refractivity contribution >= 4 is 5.71 Å². The lowest BCUT2D eigenvalue weighted by Gasteiger charge is -2.37. The van der Waals surface area contributed by atoms with Crippen LogP contribution in [0.5, 0.6) is 0 Å². The molecule has 0 aromatic carbocycles. The van der Waals surface area contributed by atoms with Crippen molar-refractivity contribution in [3.8, 4) is 0 Å². The van der Waals surface area contributed by atoms with Gasteiger partial charge in [-0.3, -0.25) is 4.99 Å². The zero-order valence-electron chi connectivity index (χ0n) is 8.60. The van der Waals surface area contributed by atoms with E-state index in [4.69, 9.17) is 4.74 Å². The highest BCUT2D eigenvalue weighted by Gasteiger charge is 2.35. The van der Waals surface area contributed by atoms with Crippen LogP contribution in [-0.4, -0.2) is 29.1 Å². The normalized spacial score (nSPS) is 38.3. The zero-order chi connectivity index (χ0) is 10.3. The van der Waals surface area contributed by atoms with Crippen molar-refractivity contribution in [1.29, 1.82) is 0 Å². The van der Waals surface area contributed by atoms with Crippen LogP contribution < -0.4 is 0 Å². The number of allylic oxidation sites excluding steroid dienone is 3. The molecule has 1 aliphatic heterocycles. The number of rotatable bonds is 0. The van der Waals surface area contributed by atoms with Gasteiger partial charge in [-0.1, -0.05) is 6.08 Å². The smallest absolute Gasteiger partial charge is 0.141 e. The SMILES string of the molecule is OC1CCC2N=C3C=CCC=C3OC2C1. The summed E-state index contributed by atoms with van der Waals surface area (Å²) in [5.41, 5.74) is 0.985. The quantitative estimate of drug-likeness (QED) is 0.652. The molecule has 3 nitrogen and oxygen atoms in total. The van der Waals surface area contributed by atoms with Crippen LogP contribution in [0.1, 0.15) is 25.7 Å². The predicted molar refractivity (Wildman–Crippen MR) is 57.8 cm³/mol. The van der Waals surface area contributed by atoms with Crippen molar-refractivity contribution < 1.29 is 9.84 Å². The van der Waals surface area contributed by atoms with Gasteiger partial charge in [0.2, 0.25) is 0 Å². The third kappa shape index (κ3) is 1.61. The Hall–Kier alpha value is -1.09. The van der Waals surface area contributed by atoms with Gasteiger partial charge < -0.3 is 9.84 Å². The number of ether oxygens (including phenoxy) is 1. The van der Waals surface area contributed by atoms with Gasteiger partial charge in [-0.15, -0.1) is 0 Å². The van der Waals surface area contributed by atoms with Crippen molar-refractivity contribution in [3.63, 3.8) is 0 Å². The van der Waals surface area contributed by atoms with E-state index >= 15 is 0 Å². The molecule has 1 saturated carbocycles. The molecule has 0 spiro atoms. The van der Waals surface area contributed by atoms with Crippen LogP contribution in [0.15, 0.2) is 29.0 Å². The van der Waals surface area contributed by atoms with Crippen molar-refractivity contribution in [2.45, 2.75) is 43.9 Å². The Morgan fingerprint density at radius 3 is 3.27 bits per heavy atom. The molecule has 0 saturated heterocycles.